The zero-order valence-electron chi connectivity index (χ0n) is 12.9. The number of hydrogen-bond donors (Lipinski definition) is 0. The molecule has 0 saturated carbocycles. The van der Waals surface area contributed by atoms with Crippen molar-refractivity contribution in [2.45, 2.75) is 38.9 Å². The average molecular weight is 367 g/mol. The molecule has 4 nitrogen and oxygen atoms in total. The van der Waals surface area contributed by atoms with Gasteiger partial charge in [-0.05, 0) is 67.9 Å². The first-order chi connectivity index (χ1) is 10.2. The highest BCUT2D eigenvalue weighted by Crippen LogP contribution is 2.36. The van der Waals surface area contributed by atoms with Crippen LogP contribution in [0, 0.1) is 5.82 Å². The topological polar surface area (TPSA) is 36.3 Å². The van der Waals surface area contributed by atoms with Gasteiger partial charge in [-0.2, -0.15) is 0 Å². The van der Waals surface area contributed by atoms with Gasteiger partial charge in [0.2, 0.25) is 0 Å². The van der Waals surface area contributed by atoms with Crippen molar-refractivity contribution in [2.75, 3.05) is 0 Å². The molecule has 116 valence electrons. The van der Waals surface area contributed by atoms with E-state index in [-0.39, 0.29) is 5.82 Å². The number of rotatable bonds is 2. The van der Waals surface area contributed by atoms with Gasteiger partial charge in [-0.25, -0.2) is 9.37 Å². The Balaban J connectivity index is 1.92. The van der Waals surface area contributed by atoms with Crippen molar-refractivity contribution in [2.24, 2.45) is 0 Å². The van der Waals surface area contributed by atoms with Crippen LogP contribution >= 0.6 is 15.9 Å². The fourth-order valence-electron chi connectivity index (χ4n) is 2.23. The first kappa shape index (κ1) is 15.7. The maximum absolute atomic E-state index is 13.0. The van der Waals surface area contributed by atoms with Crippen LogP contribution in [0.3, 0.4) is 0 Å². The molecule has 0 atom stereocenters. The third-order valence-electron chi connectivity index (χ3n) is 4.28. The van der Waals surface area contributed by atoms with Gasteiger partial charge in [-0.15, -0.1) is 0 Å². The molecule has 0 bridgehead atoms. The smallest absolute Gasteiger partial charge is 0.398 e. The van der Waals surface area contributed by atoms with Crippen LogP contribution in [0.5, 0.6) is 0 Å². The van der Waals surface area contributed by atoms with Crippen LogP contribution in [0.25, 0.3) is 5.69 Å². The lowest BCUT2D eigenvalue weighted by atomic mass is 9.86. The highest BCUT2D eigenvalue weighted by atomic mass is 79.9. The van der Waals surface area contributed by atoms with E-state index in [1.807, 2.05) is 38.5 Å². The molecular weight excluding hydrogens is 350 g/mol. The SMILES string of the molecule is CC1(C)OB(c2cn(-c3ccc(F)cc3)c(Br)n2)OC1(C)C. The molecular formula is C15H17BBrFN2O2. The molecule has 2 aromatic rings. The zero-order valence-corrected chi connectivity index (χ0v) is 14.5. The Morgan fingerprint density at radius 3 is 2.18 bits per heavy atom. The summed E-state index contributed by atoms with van der Waals surface area (Å²) < 4.78 is 27.5. The summed E-state index contributed by atoms with van der Waals surface area (Å²) in [4.78, 5) is 4.46. The third-order valence-corrected chi connectivity index (χ3v) is 4.84. The Bertz CT molecular complexity index is 684. The summed E-state index contributed by atoms with van der Waals surface area (Å²) in [7, 11) is -0.525. The van der Waals surface area contributed by atoms with Gasteiger partial charge < -0.3 is 9.31 Å². The predicted molar refractivity (Wildman–Crippen MR) is 86.9 cm³/mol. The summed E-state index contributed by atoms with van der Waals surface area (Å²) in [5, 5.41) is 0. The molecule has 3 rings (SSSR count). The lowest BCUT2D eigenvalue weighted by molar-refractivity contribution is 0.00578. The van der Waals surface area contributed by atoms with E-state index in [0.717, 1.165) is 5.69 Å². The molecule has 0 N–H and O–H groups in total. The van der Waals surface area contributed by atoms with Crippen LogP contribution in [-0.4, -0.2) is 27.9 Å². The molecule has 1 aromatic carbocycles. The van der Waals surface area contributed by atoms with E-state index in [4.69, 9.17) is 9.31 Å². The van der Waals surface area contributed by atoms with E-state index in [1.165, 1.54) is 12.1 Å². The van der Waals surface area contributed by atoms with E-state index < -0.39 is 18.3 Å². The second-order valence-corrected chi connectivity index (χ2v) is 7.08. The monoisotopic (exact) mass is 366 g/mol. The molecule has 2 heterocycles. The first-order valence-corrected chi connectivity index (χ1v) is 7.85. The molecule has 0 amide bonds. The van der Waals surface area contributed by atoms with Crippen molar-refractivity contribution in [1.82, 2.24) is 9.55 Å². The zero-order chi connectivity index (χ0) is 16.1. The molecule has 1 saturated heterocycles. The molecule has 0 spiro atoms. The van der Waals surface area contributed by atoms with Crippen molar-refractivity contribution >= 4 is 28.6 Å². The number of hydrogen-bond acceptors (Lipinski definition) is 3. The largest absolute Gasteiger partial charge is 0.516 e. The van der Waals surface area contributed by atoms with Crippen LogP contribution < -0.4 is 5.59 Å². The van der Waals surface area contributed by atoms with Gasteiger partial charge in [-0.3, -0.25) is 4.57 Å². The predicted octanol–water partition coefficient (Wildman–Crippen LogP) is 3.07. The summed E-state index contributed by atoms with van der Waals surface area (Å²) in [6, 6.07) is 6.21. The van der Waals surface area contributed by atoms with Crippen molar-refractivity contribution in [1.29, 1.82) is 0 Å². The fourth-order valence-corrected chi connectivity index (χ4v) is 2.75. The minimum Gasteiger partial charge on any atom is -0.398 e. The van der Waals surface area contributed by atoms with Crippen LogP contribution in [0.15, 0.2) is 35.2 Å². The second kappa shape index (κ2) is 5.18. The van der Waals surface area contributed by atoms with Crippen molar-refractivity contribution in [3.05, 3.63) is 41.0 Å². The lowest BCUT2D eigenvalue weighted by Gasteiger charge is -2.32. The van der Waals surface area contributed by atoms with Crippen LogP contribution in [0.4, 0.5) is 4.39 Å². The fraction of sp³-hybridized carbons (Fsp3) is 0.400. The summed E-state index contributed by atoms with van der Waals surface area (Å²) in [5.41, 5.74) is 0.659. The Hall–Kier alpha value is -1.18. The van der Waals surface area contributed by atoms with E-state index >= 15 is 0 Å². The molecule has 1 aliphatic rings. The third kappa shape index (κ3) is 2.62. The van der Waals surface area contributed by atoms with Gasteiger partial charge in [0.05, 0.1) is 16.8 Å². The maximum Gasteiger partial charge on any atom is 0.516 e. The molecule has 7 heteroatoms. The van der Waals surface area contributed by atoms with E-state index in [2.05, 4.69) is 20.9 Å². The molecule has 1 aliphatic heterocycles. The highest BCUT2D eigenvalue weighted by molar-refractivity contribution is 9.10. The highest BCUT2D eigenvalue weighted by Gasteiger charge is 2.52. The second-order valence-electron chi connectivity index (χ2n) is 6.37. The number of imidazole rings is 1. The van der Waals surface area contributed by atoms with Gasteiger partial charge in [0.25, 0.3) is 0 Å². The molecule has 0 radical (unpaired) electrons. The van der Waals surface area contributed by atoms with Crippen molar-refractivity contribution in [3.63, 3.8) is 0 Å². The molecule has 1 fully saturated rings. The number of halogens is 2. The normalized spacial score (nSPS) is 19.6. The standard InChI is InChI=1S/C15H17BBrFN2O2/c1-14(2)15(3,4)22-16(21-14)12-9-20(13(17)19-12)11-7-5-10(18)6-8-11/h5-9H,1-4H3. The van der Waals surface area contributed by atoms with E-state index in [9.17, 15) is 4.39 Å². The molecule has 0 aliphatic carbocycles. The van der Waals surface area contributed by atoms with Crippen LogP contribution in [0.2, 0.25) is 0 Å². The lowest BCUT2D eigenvalue weighted by Crippen LogP contribution is -2.41. The number of aromatic nitrogens is 2. The summed E-state index contributed by atoms with van der Waals surface area (Å²) in [6.45, 7) is 8.00. The van der Waals surface area contributed by atoms with Crippen molar-refractivity contribution < 1.29 is 13.7 Å². The minimum absolute atomic E-state index is 0.272. The van der Waals surface area contributed by atoms with Crippen LogP contribution in [-0.2, 0) is 9.31 Å². The Labute approximate surface area is 137 Å². The first-order valence-electron chi connectivity index (χ1n) is 7.06. The van der Waals surface area contributed by atoms with Gasteiger partial charge in [0.1, 0.15) is 5.82 Å². The summed E-state index contributed by atoms with van der Waals surface area (Å²) in [5.74, 6) is -0.272. The van der Waals surface area contributed by atoms with Gasteiger partial charge >= 0.3 is 7.12 Å². The van der Waals surface area contributed by atoms with Gasteiger partial charge in [0.15, 0.2) is 4.73 Å². The van der Waals surface area contributed by atoms with E-state index in [1.54, 1.807) is 12.1 Å². The Morgan fingerprint density at radius 2 is 1.64 bits per heavy atom. The van der Waals surface area contributed by atoms with E-state index in [0.29, 0.717) is 10.3 Å². The number of benzene rings is 1. The maximum atomic E-state index is 13.0. The Kier molecular flexibility index (Phi) is 3.70. The van der Waals surface area contributed by atoms with Gasteiger partial charge in [-0.1, -0.05) is 0 Å². The van der Waals surface area contributed by atoms with Gasteiger partial charge in [0, 0.05) is 11.9 Å². The summed E-state index contributed by atoms with van der Waals surface area (Å²) >= 11 is 3.42. The molecule has 0 unspecified atom stereocenters. The summed E-state index contributed by atoms with van der Waals surface area (Å²) in [6.07, 6.45) is 1.83. The number of nitrogens with zero attached hydrogens (tertiary/aromatic N) is 2. The van der Waals surface area contributed by atoms with Crippen LogP contribution in [0.1, 0.15) is 27.7 Å². The Morgan fingerprint density at radius 1 is 1.09 bits per heavy atom. The quantitative estimate of drug-likeness (QED) is 0.766. The molecule has 22 heavy (non-hydrogen) atoms. The van der Waals surface area contributed by atoms with Crippen molar-refractivity contribution in [3.8, 4) is 5.69 Å². The minimum atomic E-state index is -0.525. The average Bonchev–Trinajstić information content (AvgIpc) is 2.89. The molecule has 1 aromatic heterocycles.